The molecule has 0 spiro atoms. The van der Waals surface area contributed by atoms with Crippen LogP contribution in [0.15, 0.2) is 70.2 Å². The van der Waals surface area contributed by atoms with Crippen molar-refractivity contribution in [1.29, 1.82) is 0 Å². The minimum atomic E-state index is -0.335. The maximum Gasteiger partial charge on any atom is 0.289 e. The van der Waals surface area contributed by atoms with E-state index in [2.05, 4.69) is 67.0 Å². The average molecular weight is 445 g/mol. The number of carbonyl (C=O) groups excluding carboxylic acids is 1. The van der Waals surface area contributed by atoms with Gasteiger partial charge in [-0.2, -0.15) is 10.2 Å². The third kappa shape index (κ3) is 3.25. The first-order valence-electron chi connectivity index (χ1n) is 9.38. The number of benzene rings is 3. The molecule has 4 aromatic rings. The van der Waals surface area contributed by atoms with E-state index >= 15 is 0 Å². The molecular formula is C23H17BrN4O. The van der Waals surface area contributed by atoms with Crippen molar-refractivity contribution >= 4 is 38.8 Å². The summed E-state index contributed by atoms with van der Waals surface area (Å²) < 4.78 is 0.911. The molecule has 1 heterocycles. The second kappa shape index (κ2) is 7.29. The number of aromatic amines is 1. The number of H-pyrrole nitrogens is 1. The molecule has 0 bridgehead atoms. The van der Waals surface area contributed by atoms with Crippen LogP contribution in [0, 0.1) is 0 Å². The summed E-state index contributed by atoms with van der Waals surface area (Å²) >= 11 is 3.45. The summed E-state index contributed by atoms with van der Waals surface area (Å²) in [5.41, 5.74) is 8.34. The summed E-state index contributed by atoms with van der Waals surface area (Å²) in [6, 6.07) is 20.1. The van der Waals surface area contributed by atoms with E-state index in [0.717, 1.165) is 34.1 Å². The van der Waals surface area contributed by atoms with Crippen LogP contribution in [0.25, 0.3) is 22.0 Å². The molecule has 0 unspecified atom stereocenters. The van der Waals surface area contributed by atoms with Gasteiger partial charge in [0.2, 0.25) is 0 Å². The molecule has 0 fully saturated rings. The van der Waals surface area contributed by atoms with E-state index in [1.54, 1.807) is 12.3 Å². The Bertz CT molecular complexity index is 1260. The summed E-state index contributed by atoms with van der Waals surface area (Å²) in [6.07, 6.45) is 3.77. The summed E-state index contributed by atoms with van der Waals surface area (Å²) in [4.78, 5) is 12.4. The van der Waals surface area contributed by atoms with Crippen molar-refractivity contribution in [3.05, 3.63) is 87.5 Å². The molecule has 5 rings (SSSR count). The predicted octanol–water partition coefficient (Wildman–Crippen LogP) is 4.85. The van der Waals surface area contributed by atoms with Gasteiger partial charge in [0, 0.05) is 15.6 Å². The van der Waals surface area contributed by atoms with Gasteiger partial charge in [-0.1, -0.05) is 64.5 Å². The van der Waals surface area contributed by atoms with E-state index < -0.39 is 0 Å². The Hall–Kier alpha value is -3.25. The molecule has 0 atom stereocenters. The molecule has 0 radical (unpaired) electrons. The maximum absolute atomic E-state index is 12.4. The van der Waals surface area contributed by atoms with Crippen molar-refractivity contribution < 1.29 is 4.79 Å². The highest BCUT2D eigenvalue weighted by molar-refractivity contribution is 9.10. The van der Waals surface area contributed by atoms with Crippen molar-refractivity contribution in [2.24, 2.45) is 5.10 Å². The van der Waals surface area contributed by atoms with Gasteiger partial charge < -0.3 is 0 Å². The Morgan fingerprint density at radius 1 is 1.07 bits per heavy atom. The Morgan fingerprint density at radius 3 is 2.76 bits per heavy atom. The normalized spacial score (nSPS) is 12.7. The van der Waals surface area contributed by atoms with Crippen LogP contribution in [0.5, 0.6) is 0 Å². The average Bonchev–Trinajstić information content (AvgIpc) is 3.39. The molecule has 5 nitrogen and oxygen atoms in total. The molecule has 29 heavy (non-hydrogen) atoms. The van der Waals surface area contributed by atoms with E-state index in [1.165, 1.54) is 21.9 Å². The second-order valence-corrected chi connectivity index (χ2v) is 7.85. The first kappa shape index (κ1) is 17.8. The quantitative estimate of drug-likeness (QED) is 0.348. The molecule has 0 aliphatic heterocycles. The number of amides is 1. The zero-order chi connectivity index (χ0) is 19.8. The van der Waals surface area contributed by atoms with Crippen molar-refractivity contribution in [2.75, 3.05) is 0 Å². The molecule has 1 aliphatic carbocycles. The largest absolute Gasteiger partial charge is 0.289 e. The van der Waals surface area contributed by atoms with E-state index in [4.69, 9.17) is 0 Å². The van der Waals surface area contributed by atoms with Gasteiger partial charge in [-0.3, -0.25) is 9.89 Å². The number of aryl methyl sites for hydroxylation is 2. The van der Waals surface area contributed by atoms with Crippen LogP contribution in [0.2, 0.25) is 0 Å². The van der Waals surface area contributed by atoms with Crippen LogP contribution in [0.3, 0.4) is 0 Å². The Kier molecular flexibility index (Phi) is 4.48. The van der Waals surface area contributed by atoms with Gasteiger partial charge in [0.25, 0.3) is 5.91 Å². The van der Waals surface area contributed by atoms with Gasteiger partial charge >= 0.3 is 0 Å². The van der Waals surface area contributed by atoms with Crippen LogP contribution in [0.1, 0.15) is 27.2 Å². The van der Waals surface area contributed by atoms with Gasteiger partial charge in [-0.05, 0) is 46.9 Å². The number of aromatic nitrogens is 2. The van der Waals surface area contributed by atoms with Crippen LogP contribution < -0.4 is 5.43 Å². The Morgan fingerprint density at radius 2 is 1.90 bits per heavy atom. The standard InChI is InChI=1S/C23H17BrN4O/c24-19-7-2-1-4-16(19)13-25-28-23(29)21-12-20(26-27-21)17-11-10-15-9-8-14-5-3-6-18(17)22(14)15/h1-7,10-13H,8-9H2,(H,26,27)(H,28,29)/b25-13+. The number of rotatable bonds is 4. The van der Waals surface area contributed by atoms with E-state index in [1.807, 2.05) is 24.3 Å². The Balaban J connectivity index is 1.40. The summed E-state index contributed by atoms with van der Waals surface area (Å²) in [7, 11) is 0. The number of hydrogen-bond acceptors (Lipinski definition) is 3. The van der Waals surface area contributed by atoms with E-state index in [9.17, 15) is 4.79 Å². The molecule has 142 valence electrons. The molecule has 1 aliphatic rings. The minimum absolute atomic E-state index is 0.335. The lowest BCUT2D eigenvalue weighted by molar-refractivity contribution is 0.0950. The van der Waals surface area contributed by atoms with Crippen molar-refractivity contribution in [3.63, 3.8) is 0 Å². The summed E-state index contributed by atoms with van der Waals surface area (Å²) in [5.74, 6) is -0.335. The van der Waals surface area contributed by atoms with Crippen LogP contribution in [-0.2, 0) is 12.8 Å². The number of hydrogen-bond donors (Lipinski definition) is 2. The molecule has 1 amide bonds. The lowest BCUT2D eigenvalue weighted by Crippen LogP contribution is -2.18. The van der Waals surface area contributed by atoms with Crippen LogP contribution in [0.4, 0.5) is 0 Å². The number of hydrazone groups is 1. The number of nitrogens with one attached hydrogen (secondary N) is 2. The van der Waals surface area contributed by atoms with Crippen molar-refractivity contribution in [2.45, 2.75) is 12.8 Å². The second-order valence-electron chi connectivity index (χ2n) is 7.00. The molecular weight excluding hydrogens is 428 g/mol. The predicted molar refractivity (Wildman–Crippen MR) is 118 cm³/mol. The molecule has 3 aromatic carbocycles. The highest BCUT2D eigenvalue weighted by Crippen LogP contribution is 2.36. The zero-order valence-electron chi connectivity index (χ0n) is 15.4. The first-order valence-corrected chi connectivity index (χ1v) is 10.2. The first-order chi connectivity index (χ1) is 14.2. The topological polar surface area (TPSA) is 70.1 Å². The minimum Gasteiger partial charge on any atom is -0.272 e. The van der Waals surface area contributed by atoms with Gasteiger partial charge in [0.05, 0.1) is 11.9 Å². The van der Waals surface area contributed by atoms with E-state index in [-0.39, 0.29) is 5.91 Å². The highest BCUT2D eigenvalue weighted by Gasteiger charge is 2.18. The van der Waals surface area contributed by atoms with Crippen LogP contribution >= 0.6 is 15.9 Å². The lowest BCUT2D eigenvalue weighted by Gasteiger charge is -2.06. The molecule has 6 heteroatoms. The zero-order valence-corrected chi connectivity index (χ0v) is 17.0. The maximum atomic E-state index is 12.4. The third-order valence-electron chi connectivity index (χ3n) is 5.25. The summed E-state index contributed by atoms with van der Waals surface area (Å²) in [6.45, 7) is 0. The van der Waals surface area contributed by atoms with E-state index in [0.29, 0.717) is 5.69 Å². The molecule has 0 saturated heterocycles. The molecule has 0 saturated carbocycles. The monoisotopic (exact) mass is 444 g/mol. The fraction of sp³-hybridized carbons (Fsp3) is 0.0870. The van der Waals surface area contributed by atoms with Gasteiger partial charge in [-0.15, -0.1) is 0 Å². The smallest absolute Gasteiger partial charge is 0.272 e. The molecule has 2 N–H and O–H groups in total. The van der Waals surface area contributed by atoms with Crippen molar-refractivity contribution in [1.82, 2.24) is 15.6 Å². The van der Waals surface area contributed by atoms with Crippen molar-refractivity contribution in [3.8, 4) is 11.3 Å². The van der Waals surface area contributed by atoms with Gasteiger partial charge in [-0.25, -0.2) is 5.43 Å². The SMILES string of the molecule is O=C(N/N=C/c1ccccc1Br)c1cc(-c2ccc3c4c(cccc24)CC3)n[nH]1. The number of carbonyl (C=O) groups is 1. The third-order valence-corrected chi connectivity index (χ3v) is 5.97. The fourth-order valence-corrected chi connectivity index (χ4v) is 4.23. The fourth-order valence-electron chi connectivity index (χ4n) is 3.85. The Labute approximate surface area is 176 Å². The highest BCUT2D eigenvalue weighted by atomic mass is 79.9. The number of nitrogens with zero attached hydrogens (tertiary/aromatic N) is 2. The van der Waals surface area contributed by atoms with Gasteiger partial charge in [0.1, 0.15) is 5.69 Å². The van der Waals surface area contributed by atoms with Gasteiger partial charge in [0.15, 0.2) is 0 Å². The summed E-state index contributed by atoms with van der Waals surface area (Å²) in [5, 5.41) is 13.8. The molecule has 1 aromatic heterocycles. The number of halogens is 1. The lowest BCUT2D eigenvalue weighted by atomic mass is 9.98. The van der Waals surface area contributed by atoms with Crippen LogP contribution in [-0.4, -0.2) is 22.3 Å².